The van der Waals surface area contributed by atoms with Crippen molar-refractivity contribution in [3.63, 3.8) is 0 Å². The summed E-state index contributed by atoms with van der Waals surface area (Å²) in [4.78, 5) is 11.3. The average molecular weight is 418 g/mol. The minimum absolute atomic E-state index is 0.259. The number of carboxylic acid groups (broad SMARTS) is 1. The van der Waals surface area contributed by atoms with Crippen LogP contribution < -0.4 is 5.32 Å². The zero-order chi connectivity index (χ0) is 21.2. The Balaban J connectivity index is 2.31. The van der Waals surface area contributed by atoms with Crippen LogP contribution in [-0.2, 0) is 14.3 Å². The molecule has 0 radical (unpaired) electrons. The van der Waals surface area contributed by atoms with Gasteiger partial charge in [-0.05, 0) is 45.4 Å². The van der Waals surface area contributed by atoms with Crippen LogP contribution in [0.1, 0.15) is 39.4 Å². The molecule has 7 atom stereocenters. The Labute approximate surface area is 169 Å². The molecule has 1 aromatic carbocycles. The molecule has 8 nitrogen and oxygen atoms in total. The molecule has 1 saturated heterocycles. The number of hydrogen-bond acceptors (Lipinski definition) is 7. The maximum absolute atomic E-state index is 11.3. The topological polar surface area (TPSA) is 128 Å². The lowest BCUT2D eigenvalue weighted by molar-refractivity contribution is -0.307. The first-order valence-electron chi connectivity index (χ1n) is 9.02. The van der Waals surface area contributed by atoms with E-state index >= 15 is 0 Å². The molecule has 0 aliphatic carbocycles. The number of ether oxygens (including phenoxy) is 2. The maximum Gasteiger partial charge on any atom is 0.335 e. The van der Waals surface area contributed by atoms with Crippen molar-refractivity contribution in [1.82, 2.24) is 5.32 Å². The fraction of sp³-hybridized carbons (Fsp3) is 0.632. The van der Waals surface area contributed by atoms with Crippen molar-refractivity contribution >= 4 is 17.6 Å². The van der Waals surface area contributed by atoms with E-state index < -0.39 is 42.8 Å². The normalized spacial score (nSPS) is 30.6. The minimum Gasteiger partial charge on any atom is -0.479 e. The van der Waals surface area contributed by atoms with E-state index in [2.05, 4.69) is 5.32 Å². The Morgan fingerprint density at radius 3 is 2.39 bits per heavy atom. The van der Waals surface area contributed by atoms with Gasteiger partial charge in [0.2, 0.25) is 0 Å². The number of carbonyl (C=O) groups is 1. The van der Waals surface area contributed by atoms with Gasteiger partial charge in [-0.15, -0.1) is 0 Å². The first kappa shape index (κ1) is 23.0. The van der Waals surface area contributed by atoms with Crippen LogP contribution in [0.5, 0.6) is 0 Å². The number of benzene rings is 1. The molecule has 1 fully saturated rings. The second-order valence-corrected chi connectivity index (χ2v) is 8.47. The van der Waals surface area contributed by atoms with E-state index in [9.17, 15) is 25.2 Å². The van der Waals surface area contributed by atoms with E-state index in [1.165, 1.54) is 0 Å². The van der Waals surface area contributed by atoms with Gasteiger partial charge in [0, 0.05) is 16.6 Å². The highest BCUT2D eigenvalue weighted by atomic mass is 35.5. The van der Waals surface area contributed by atoms with Gasteiger partial charge in [-0.25, -0.2) is 4.79 Å². The number of nitrogens with one attached hydrogen (secondary N) is 1. The molecule has 1 aliphatic heterocycles. The SMILES string of the molecule is C[C@H](NC(C)(C)C)[C@H](OC1O[C@H](C(=O)O)[C@@H](O)[C@H](O)[C@H]1O)c1cccc(Cl)c1. The number of carboxylic acids is 1. The smallest absolute Gasteiger partial charge is 0.335 e. The first-order valence-corrected chi connectivity index (χ1v) is 9.39. The molecule has 0 amide bonds. The molecule has 0 spiro atoms. The van der Waals surface area contributed by atoms with E-state index in [0.29, 0.717) is 10.6 Å². The molecule has 5 N–H and O–H groups in total. The summed E-state index contributed by atoms with van der Waals surface area (Å²) < 4.78 is 11.2. The number of rotatable bonds is 6. The molecule has 9 heteroatoms. The molecule has 0 saturated carbocycles. The predicted octanol–water partition coefficient (Wildman–Crippen LogP) is 1.07. The zero-order valence-corrected chi connectivity index (χ0v) is 17.0. The molecule has 1 unspecified atom stereocenters. The van der Waals surface area contributed by atoms with Crippen molar-refractivity contribution in [2.75, 3.05) is 0 Å². The van der Waals surface area contributed by atoms with Crippen molar-refractivity contribution in [3.05, 3.63) is 34.9 Å². The monoisotopic (exact) mass is 417 g/mol. The molecule has 1 aliphatic rings. The van der Waals surface area contributed by atoms with Gasteiger partial charge in [-0.1, -0.05) is 23.7 Å². The Kier molecular flexibility index (Phi) is 7.44. The summed E-state index contributed by atoms with van der Waals surface area (Å²) >= 11 is 6.10. The van der Waals surface area contributed by atoms with Crippen molar-refractivity contribution in [3.8, 4) is 0 Å². The Morgan fingerprint density at radius 2 is 1.86 bits per heavy atom. The van der Waals surface area contributed by atoms with Crippen LogP contribution in [0.15, 0.2) is 24.3 Å². The molecule has 2 rings (SSSR count). The minimum atomic E-state index is -1.78. The summed E-state index contributed by atoms with van der Waals surface area (Å²) in [5.41, 5.74) is 0.422. The number of halogens is 1. The van der Waals surface area contributed by atoms with Crippen LogP contribution in [0, 0.1) is 0 Å². The van der Waals surface area contributed by atoms with Crippen LogP contribution in [-0.4, -0.2) is 68.7 Å². The Morgan fingerprint density at radius 1 is 1.21 bits per heavy atom. The second kappa shape index (κ2) is 9.04. The summed E-state index contributed by atoms with van der Waals surface area (Å²) in [6.45, 7) is 7.80. The summed E-state index contributed by atoms with van der Waals surface area (Å²) in [7, 11) is 0. The van der Waals surface area contributed by atoms with Gasteiger partial charge < -0.3 is 35.2 Å². The highest BCUT2D eigenvalue weighted by Crippen LogP contribution is 2.31. The van der Waals surface area contributed by atoms with Crippen molar-refractivity contribution in [2.24, 2.45) is 0 Å². The van der Waals surface area contributed by atoms with Crippen molar-refractivity contribution < 1.29 is 34.7 Å². The van der Waals surface area contributed by atoms with Crippen molar-refractivity contribution in [1.29, 1.82) is 0 Å². The molecule has 158 valence electrons. The lowest BCUT2D eigenvalue weighted by atomic mass is 9.97. The molecule has 0 aromatic heterocycles. The van der Waals surface area contributed by atoms with Crippen LogP contribution in [0.3, 0.4) is 0 Å². The number of aliphatic hydroxyl groups excluding tert-OH is 3. The van der Waals surface area contributed by atoms with Gasteiger partial charge in [0.15, 0.2) is 12.4 Å². The predicted molar refractivity (Wildman–Crippen MR) is 102 cm³/mol. The van der Waals surface area contributed by atoms with Crippen LogP contribution in [0.4, 0.5) is 0 Å². The average Bonchev–Trinajstić information content (AvgIpc) is 2.57. The highest BCUT2D eigenvalue weighted by Gasteiger charge is 2.48. The van der Waals surface area contributed by atoms with Gasteiger partial charge in [0.1, 0.15) is 24.4 Å². The van der Waals surface area contributed by atoms with Crippen LogP contribution in [0.2, 0.25) is 5.02 Å². The van der Waals surface area contributed by atoms with Crippen LogP contribution >= 0.6 is 11.6 Å². The molecule has 1 aromatic rings. The van der Waals surface area contributed by atoms with E-state index in [-0.39, 0.29) is 11.6 Å². The third-order valence-electron chi connectivity index (χ3n) is 4.39. The molecule has 28 heavy (non-hydrogen) atoms. The molecule has 1 heterocycles. The van der Waals surface area contributed by atoms with Gasteiger partial charge in [0.05, 0.1) is 0 Å². The van der Waals surface area contributed by atoms with E-state index in [1.807, 2.05) is 27.7 Å². The van der Waals surface area contributed by atoms with Crippen LogP contribution in [0.25, 0.3) is 0 Å². The molecular weight excluding hydrogens is 390 g/mol. The Hall–Kier alpha value is -1.26. The number of aliphatic hydroxyl groups is 3. The second-order valence-electron chi connectivity index (χ2n) is 8.03. The number of hydrogen-bond donors (Lipinski definition) is 5. The van der Waals surface area contributed by atoms with Crippen molar-refractivity contribution in [2.45, 2.75) is 76.1 Å². The lowest BCUT2D eigenvalue weighted by Gasteiger charge is -2.41. The van der Waals surface area contributed by atoms with E-state index in [0.717, 1.165) is 0 Å². The molecular formula is C19H28ClNO7. The van der Waals surface area contributed by atoms with Gasteiger partial charge in [-0.3, -0.25) is 0 Å². The lowest BCUT2D eigenvalue weighted by Crippen LogP contribution is -2.61. The van der Waals surface area contributed by atoms with Gasteiger partial charge >= 0.3 is 5.97 Å². The fourth-order valence-corrected chi connectivity index (χ4v) is 3.44. The summed E-state index contributed by atoms with van der Waals surface area (Å²) in [5.74, 6) is -1.47. The highest BCUT2D eigenvalue weighted by molar-refractivity contribution is 6.30. The first-order chi connectivity index (χ1) is 12.9. The zero-order valence-electron chi connectivity index (χ0n) is 16.2. The third-order valence-corrected chi connectivity index (χ3v) is 4.62. The van der Waals surface area contributed by atoms with E-state index in [4.69, 9.17) is 21.1 Å². The Bertz CT molecular complexity index is 680. The summed E-state index contributed by atoms with van der Waals surface area (Å²) in [6, 6.07) is 6.64. The maximum atomic E-state index is 11.3. The van der Waals surface area contributed by atoms with Gasteiger partial charge in [-0.2, -0.15) is 0 Å². The van der Waals surface area contributed by atoms with Gasteiger partial charge in [0.25, 0.3) is 0 Å². The number of aliphatic carboxylic acids is 1. The fourth-order valence-electron chi connectivity index (χ4n) is 3.24. The summed E-state index contributed by atoms with van der Waals surface area (Å²) in [6.07, 6.45) is -9.02. The quantitative estimate of drug-likeness (QED) is 0.465. The molecule has 0 bridgehead atoms. The third kappa shape index (κ3) is 5.64. The standard InChI is InChI=1S/C19H28ClNO7/c1-9(21-19(2,3)4)15(10-6-5-7-11(20)8-10)27-18-14(24)12(22)13(23)16(28-18)17(25)26/h5-9,12-16,18,21-24H,1-4H3,(H,25,26)/t9-,12-,13-,14+,15-,16-,18?/m0/s1. The summed E-state index contributed by atoms with van der Waals surface area (Å²) in [5, 5.41) is 43.2. The largest absolute Gasteiger partial charge is 0.479 e. The van der Waals surface area contributed by atoms with E-state index in [1.54, 1.807) is 24.3 Å².